The lowest BCUT2D eigenvalue weighted by atomic mass is 10.2. The van der Waals surface area contributed by atoms with Crippen molar-refractivity contribution in [2.45, 2.75) is 20.1 Å². The zero-order valence-corrected chi connectivity index (χ0v) is 17.3. The molecule has 0 unspecified atom stereocenters. The van der Waals surface area contributed by atoms with E-state index in [1.807, 2.05) is 24.3 Å². The van der Waals surface area contributed by atoms with E-state index < -0.39 is 11.7 Å². The highest BCUT2D eigenvalue weighted by Gasteiger charge is 2.21. The summed E-state index contributed by atoms with van der Waals surface area (Å²) in [6.07, 6.45) is 3.26. The van der Waals surface area contributed by atoms with Crippen molar-refractivity contribution >= 4 is 23.2 Å². The van der Waals surface area contributed by atoms with Crippen LogP contribution in [-0.2, 0) is 13.2 Å². The molecule has 2 aromatic carbocycles. The summed E-state index contributed by atoms with van der Waals surface area (Å²) >= 11 is 5.90. The molecule has 0 aliphatic heterocycles. The molecule has 4 rings (SSSR count). The summed E-state index contributed by atoms with van der Waals surface area (Å²) in [6, 6.07) is 13.2. The number of amides is 1. The maximum Gasteiger partial charge on any atom is 0.278 e. The summed E-state index contributed by atoms with van der Waals surface area (Å²) in [5.74, 6) is -0.0794. The number of nitrogens with zero attached hydrogens (tertiary/aromatic N) is 3. The van der Waals surface area contributed by atoms with Gasteiger partial charge in [0.25, 0.3) is 5.91 Å². The third-order valence-corrected chi connectivity index (χ3v) is 4.78. The van der Waals surface area contributed by atoms with Crippen molar-refractivity contribution in [2.75, 3.05) is 5.32 Å². The monoisotopic (exact) mass is 440 g/mol. The van der Waals surface area contributed by atoms with Gasteiger partial charge in [-0.2, -0.15) is 5.10 Å². The molecule has 0 aliphatic carbocycles. The van der Waals surface area contributed by atoms with Crippen molar-refractivity contribution in [1.82, 2.24) is 14.9 Å². The molecule has 0 radical (unpaired) electrons. The first kappa shape index (κ1) is 20.6. The Morgan fingerprint density at radius 1 is 1.26 bits per heavy atom. The molecule has 1 amide bonds. The number of carbonyl (C=O) groups excluding carboxylic acids is 1. The lowest BCUT2D eigenvalue weighted by Gasteiger charge is -2.07. The van der Waals surface area contributed by atoms with Crippen LogP contribution in [0.25, 0.3) is 0 Å². The van der Waals surface area contributed by atoms with Gasteiger partial charge in [-0.05, 0) is 36.8 Å². The summed E-state index contributed by atoms with van der Waals surface area (Å²) in [5, 5.41) is 11.5. The van der Waals surface area contributed by atoms with Gasteiger partial charge in [0.1, 0.15) is 23.9 Å². The Kier molecular flexibility index (Phi) is 5.99. The quantitative estimate of drug-likeness (QED) is 0.444. The predicted octanol–water partition coefficient (Wildman–Crippen LogP) is 4.85. The molecule has 0 atom stereocenters. The Morgan fingerprint density at radius 3 is 2.84 bits per heavy atom. The van der Waals surface area contributed by atoms with Crippen LogP contribution in [0.5, 0.6) is 5.75 Å². The maximum absolute atomic E-state index is 13.3. The van der Waals surface area contributed by atoms with Crippen molar-refractivity contribution in [2.24, 2.45) is 0 Å². The van der Waals surface area contributed by atoms with E-state index in [9.17, 15) is 9.18 Å². The van der Waals surface area contributed by atoms with E-state index in [1.165, 1.54) is 12.1 Å². The van der Waals surface area contributed by atoms with Gasteiger partial charge in [-0.25, -0.2) is 4.39 Å². The molecule has 0 spiro atoms. The fraction of sp³-hybridized carbons (Fsp3) is 0.136. The van der Waals surface area contributed by atoms with E-state index in [2.05, 4.69) is 15.6 Å². The van der Waals surface area contributed by atoms with Crippen molar-refractivity contribution < 1.29 is 18.4 Å². The van der Waals surface area contributed by atoms with Crippen molar-refractivity contribution in [1.29, 1.82) is 0 Å². The van der Waals surface area contributed by atoms with Crippen molar-refractivity contribution in [3.8, 4) is 5.75 Å². The number of aryl methyl sites for hydroxylation is 1. The highest BCUT2D eigenvalue weighted by Crippen LogP contribution is 2.20. The molecule has 2 heterocycles. The van der Waals surface area contributed by atoms with Crippen molar-refractivity contribution in [3.63, 3.8) is 0 Å². The highest BCUT2D eigenvalue weighted by molar-refractivity contribution is 6.30. The molecule has 0 fully saturated rings. The number of anilines is 1. The Bertz CT molecular complexity index is 1200. The number of halogens is 2. The molecule has 158 valence electrons. The van der Waals surface area contributed by atoms with Gasteiger partial charge in [0.2, 0.25) is 0 Å². The lowest BCUT2D eigenvalue weighted by molar-refractivity contribution is 0.101. The van der Waals surface area contributed by atoms with E-state index in [0.717, 1.165) is 5.56 Å². The minimum absolute atomic E-state index is 0.0113. The number of ether oxygens (including phenoxy) is 1. The van der Waals surface area contributed by atoms with Gasteiger partial charge in [0.15, 0.2) is 5.69 Å². The van der Waals surface area contributed by atoms with E-state index in [4.69, 9.17) is 20.9 Å². The molecule has 2 aromatic heterocycles. The molecule has 0 saturated heterocycles. The van der Waals surface area contributed by atoms with Crippen LogP contribution < -0.4 is 10.1 Å². The molecule has 1 N–H and O–H groups in total. The van der Waals surface area contributed by atoms with Crippen LogP contribution in [0, 0.1) is 12.7 Å². The number of hydrogen-bond donors (Lipinski definition) is 1. The summed E-state index contributed by atoms with van der Waals surface area (Å²) in [4.78, 5) is 12.7. The Morgan fingerprint density at radius 2 is 2.06 bits per heavy atom. The standard InChI is InChI=1S/C22H18ClFN4O3/c1-14-20(13-30-19-4-2-3-17(24)9-19)21(27-31-14)22(29)26-18-10-25-28(12-18)11-15-5-7-16(23)8-6-15/h2-10,12H,11,13H2,1H3,(H,26,29). The van der Waals surface area contributed by atoms with Crippen LogP contribution in [0.15, 0.2) is 65.4 Å². The number of nitrogens with one attached hydrogen (secondary N) is 1. The zero-order chi connectivity index (χ0) is 21.8. The number of aromatic nitrogens is 3. The number of benzene rings is 2. The third kappa shape index (κ3) is 5.10. The van der Waals surface area contributed by atoms with Gasteiger partial charge >= 0.3 is 0 Å². The average Bonchev–Trinajstić information content (AvgIpc) is 3.34. The van der Waals surface area contributed by atoms with E-state index >= 15 is 0 Å². The fourth-order valence-electron chi connectivity index (χ4n) is 2.93. The lowest BCUT2D eigenvalue weighted by Crippen LogP contribution is -2.15. The third-order valence-electron chi connectivity index (χ3n) is 4.53. The van der Waals surface area contributed by atoms with Gasteiger partial charge in [-0.1, -0.05) is 35.0 Å². The maximum atomic E-state index is 13.3. The second-order valence-electron chi connectivity index (χ2n) is 6.82. The van der Waals surface area contributed by atoms with Crippen LogP contribution in [0.3, 0.4) is 0 Å². The van der Waals surface area contributed by atoms with Crippen molar-refractivity contribution in [3.05, 3.63) is 94.3 Å². The normalized spacial score (nSPS) is 10.8. The molecule has 0 aliphatic rings. The Balaban J connectivity index is 1.42. The molecule has 7 nitrogen and oxygen atoms in total. The molecule has 4 aromatic rings. The molecular formula is C22H18ClFN4O3. The number of rotatable bonds is 7. The van der Waals surface area contributed by atoms with E-state index in [0.29, 0.717) is 34.3 Å². The van der Waals surface area contributed by atoms with Gasteiger partial charge in [-0.3, -0.25) is 9.48 Å². The smallest absolute Gasteiger partial charge is 0.278 e. The van der Waals surface area contributed by atoms with Crippen LogP contribution in [0.4, 0.5) is 10.1 Å². The van der Waals surface area contributed by atoms with Gasteiger partial charge in [0.05, 0.1) is 24.0 Å². The van der Waals surface area contributed by atoms with Gasteiger partial charge < -0.3 is 14.6 Å². The number of carbonyl (C=O) groups is 1. The first-order valence-electron chi connectivity index (χ1n) is 9.40. The second kappa shape index (κ2) is 9.01. The second-order valence-corrected chi connectivity index (χ2v) is 7.26. The van der Waals surface area contributed by atoms with Gasteiger partial charge in [-0.15, -0.1) is 0 Å². The molecule has 0 saturated carbocycles. The first-order chi connectivity index (χ1) is 15.0. The zero-order valence-electron chi connectivity index (χ0n) is 16.5. The fourth-order valence-corrected chi connectivity index (χ4v) is 3.06. The summed E-state index contributed by atoms with van der Waals surface area (Å²) in [7, 11) is 0. The van der Waals surface area contributed by atoms with Crippen LogP contribution in [0.2, 0.25) is 5.02 Å². The molecular weight excluding hydrogens is 423 g/mol. The Labute approximate surface area is 182 Å². The van der Waals surface area contributed by atoms with E-state index in [1.54, 1.807) is 36.1 Å². The van der Waals surface area contributed by atoms with Crippen LogP contribution in [-0.4, -0.2) is 20.8 Å². The van der Waals surface area contributed by atoms with Crippen LogP contribution in [0.1, 0.15) is 27.4 Å². The summed E-state index contributed by atoms with van der Waals surface area (Å²) in [6.45, 7) is 2.22. The molecule has 9 heteroatoms. The first-order valence-corrected chi connectivity index (χ1v) is 9.77. The highest BCUT2D eigenvalue weighted by atomic mass is 35.5. The van der Waals surface area contributed by atoms with Gasteiger partial charge in [0, 0.05) is 17.3 Å². The number of hydrogen-bond acceptors (Lipinski definition) is 5. The summed E-state index contributed by atoms with van der Waals surface area (Å²) in [5.41, 5.74) is 2.11. The minimum atomic E-state index is -0.458. The summed E-state index contributed by atoms with van der Waals surface area (Å²) < 4.78 is 25.8. The van der Waals surface area contributed by atoms with Crippen LogP contribution >= 0.6 is 11.6 Å². The Hall–Kier alpha value is -3.65. The molecule has 31 heavy (non-hydrogen) atoms. The SMILES string of the molecule is Cc1onc(C(=O)Nc2cnn(Cc3ccc(Cl)cc3)c2)c1COc1cccc(F)c1. The topological polar surface area (TPSA) is 82.2 Å². The predicted molar refractivity (Wildman–Crippen MR) is 113 cm³/mol. The van der Waals surface area contributed by atoms with E-state index in [-0.39, 0.29) is 12.3 Å². The largest absolute Gasteiger partial charge is 0.489 e. The molecule has 0 bridgehead atoms. The minimum Gasteiger partial charge on any atom is -0.489 e. The average molecular weight is 441 g/mol.